The van der Waals surface area contributed by atoms with Crippen molar-refractivity contribution < 1.29 is 22.7 Å². The lowest BCUT2D eigenvalue weighted by atomic mass is 10.2. The van der Waals surface area contributed by atoms with Crippen molar-refractivity contribution in [3.63, 3.8) is 0 Å². The van der Waals surface area contributed by atoms with Gasteiger partial charge in [-0.15, -0.1) is 0 Å². The van der Waals surface area contributed by atoms with Crippen LogP contribution in [0.2, 0.25) is 0 Å². The minimum Gasteiger partial charge on any atom is -0.495 e. The second-order valence-electron chi connectivity index (χ2n) is 6.94. The van der Waals surface area contributed by atoms with Gasteiger partial charge in [0.15, 0.2) is 0 Å². The molecule has 168 valence electrons. The smallest absolute Gasteiger partial charge is 0.264 e. The van der Waals surface area contributed by atoms with Gasteiger partial charge >= 0.3 is 0 Å². The normalized spacial score (nSPS) is 10.9. The summed E-state index contributed by atoms with van der Waals surface area (Å²) in [5, 5.41) is 2.81. The van der Waals surface area contributed by atoms with Crippen LogP contribution in [0.15, 0.2) is 83.8 Å². The van der Waals surface area contributed by atoms with E-state index in [2.05, 4.69) is 5.32 Å². The van der Waals surface area contributed by atoms with Gasteiger partial charge in [0.2, 0.25) is 0 Å². The number of rotatable bonds is 10. The van der Waals surface area contributed by atoms with E-state index in [-0.39, 0.29) is 10.8 Å². The maximum atomic E-state index is 13.0. The van der Waals surface area contributed by atoms with Crippen molar-refractivity contribution >= 4 is 21.6 Å². The number of sulfonamides is 1. The van der Waals surface area contributed by atoms with Gasteiger partial charge in [0.05, 0.1) is 24.3 Å². The molecule has 0 unspecified atom stereocenters. The molecule has 0 spiro atoms. The van der Waals surface area contributed by atoms with Gasteiger partial charge in [-0.1, -0.05) is 30.3 Å². The van der Waals surface area contributed by atoms with Crippen LogP contribution in [0.1, 0.15) is 16.8 Å². The number of hydrogen-bond acceptors (Lipinski definition) is 5. The van der Waals surface area contributed by atoms with Gasteiger partial charge in [-0.05, 0) is 55.0 Å². The van der Waals surface area contributed by atoms with E-state index in [9.17, 15) is 13.2 Å². The molecule has 32 heavy (non-hydrogen) atoms. The van der Waals surface area contributed by atoms with Crippen molar-refractivity contribution in [2.24, 2.45) is 0 Å². The number of carbonyl (C=O) groups excluding carboxylic acids is 1. The summed E-state index contributed by atoms with van der Waals surface area (Å²) in [7, 11) is -0.862. The standard InChI is InChI=1S/C24H26N2O5S/c1-26(22-11-6-7-12-23(22)30-2)32(28,29)21-15-13-19(14-16-21)24(27)25-17-8-18-31-20-9-4-3-5-10-20/h3-7,9-16H,8,17-18H2,1-2H3,(H,25,27). The van der Waals surface area contributed by atoms with Gasteiger partial charge in [0, 0.05) is 19.2 Å². The zero-order chi connectivity index (χ0) is 23.0. The summed E-state index contributed by atoms with van der Waals surface area (Å²) in [6, 6.07) is 22.2. The van der Waals surface area contributed by atoms with Gasteiger partial charge in [-0.25, -0.2) is 8.42 Å². The van der Waals surface area contributed by atoms with Crippen molar-refractivity contribution in [3.05, 3.63) is 84.4 Å². The number of benzene rings is 3. The number of ether oxygens (including phenoxy) is 2. The highest BCUT2D eigenvalue weighted by atomic mass is 32.2. The van der Waals surface area contributed by atoms with Crippen molar-refractivity contribution in [2.45, 2.75) is 11.3 Å². The molecule has 0 atom stereocenters. The highest BCUT2D eigenvalue weighted by molar-refractivity contribution is 7.92. The number of nitrogens with zero attached hydrogens (tertiary/aromatic N) is 1. The second kappa shape index (κ2) is 10.7. The minimum absolute atomic E-state index is 0.0821. The van der Waals surface area contributed by atoms with Gasteiger partial charge in [0.25, 0.3) is 15.9 Å². The van der Waals surface area contributed by atoms with Crippen LogP contribution in [-0.2, 0) is 10.0 Å². The Labute approximate surface area is 188 Å². The predicted molar refractivity (Wildman–Crippen MR) is 124 cm³/mol. The highest BCUT2D eigenvalue weighted by Crippen LogP contribution is 2.30. The number of para-hydroxylation sites is 3. The van der Waals surface area contributed by atoms with Crippen LogP contribution in [0.5, 0.6) is 11.5 Å². The van der Waals surface area contributed by atoms with Gasteiger partial charge in [0.1, 0.15) is 11.5 Å². The predicted octanol–water partition coefficient (Wildman–Crippen LogP) is 3.72. The van der Waals surface area contributed by atoms with Crippen LogP contribution in [-0.4, -0.2) is 41.6 Å². The first-order valence-electron chi connectivity index (χ1n) is 10.1. The number of carbonyl (C=O) groups is 1. The maximum Gasteiger partial charge on any atom is 0.264 e. The molecule has 0 aliphatic rings. The molecule has 1 N–H and O–H groups in total. The van der Waals surface area contributed by atoms with Gasteiger partial charge in [-0.2, -0.15) is 0 Å². The third-order valence-electron chi connectivity index (χ3n) is 4.82. The fourth-order valence-electron chi connectivity index (χ4n) is 3.04. The topological polar surface area (TPSA) is 84.9 Å². The Morgan fingerprint density at radius 1 is 0.938 bits per heavy atom. The summed E-state index contributed by atoms with van der Waals surface area (Å²) in [4.78, 5) is 12.4. The molecule has 0 aliphatic heterocycles. The molecule has 0 aromatic heterocycles. The van der Waals surface area contributed by atoms with Crippen LogP contribution in [0.4, 0.5) is 5.69 Å². The average molecular weight is 455 g/mol. The second-order valence-corrected chi connectivity index (χ2v) is 8.91. The summed E-state index contributed by atoms with van der Waals surface area (Å²) in [5.74, 6) is 0.964. The quantitative estimate of drug-likeness (QED) is 0.472. The first-order chi connectivity index (χ1) is 15.4. The summed E-state index contributed by atoms with van der Waals surface area (Å²) in [5.41, 5.74) is 0.808. The fraction of sp³-hybridized carbons (Fsp3) is 0.208. The van der Waals surface area contributed by atoms with E-state index in [0.29, 0.717) is 36.6 Å². The zero-order valence-corrected chi connectivity index (χ0v) is 18.8. The molecule has 0 heterocycles. The highest BCUT2D eigenvalue weighted by Gasteiger charge is 2.23. The van der Waals surface area contributed by atoms with Crippen molar-refractivity contribution in [1.82, 2.24) is 5.32 Å². The van der Waals surface area contributed by atoms with Crippen LogP contribution < -0.4 is 19.1 Å². The molecule has 3 aromatic carbocycles. The van der Waals surface area contributed by atoms with E-state index in [1.165, 1.54) is 38.4 Å². The third-order valence-corrected chi connectivity index (χ3v) is 6.60. The van der Waals surface area contributed by atoms with Crippen molar-refractivity contribution in [1.29, 1.82) is 0 Å². The third kappa shape index (κ3) is 5.59. The number of amides is 1. The Hall–Kier alpha value is -3.52. The van der Waals surface area contributed by atoms with E-state index in [4.69, 9.17) is 9.47 Å². The molecular weight excluding hydrogens is 428 g/mol. The molecule has 0 bridgehead atoms. The molecule has 1 amide bonds. The lowest BCUT2D eigenvalue weighted by Crippen LogP contribution is -2.27. The summed E-state index contributed by atoms with van der Waals surface area (Å²) < 4.78 is 38.0. The molecule has 0 radical (unpaired) electrons. The Morgan fingerprint density at radius 2 is 1.59 bits per heavy atom. The van der Waals surface area contributed by atoms with Crippen molar-refractivity contribution in [3.8, 4) is 11.5 Å². The monoisotopic (exact) mass is 454 g/mol. The average Bonchev–Trinajstić information content (AvgIpc) is 2.84. The molecule has 3 rings (SSSR count). The van der Waals surface area contributed by atoms with E-state index < -0.39 is 10.0 Å². The first-order valence-corrected chi connectivity index (χ1v) is 11.6. The van der Waals surface area contributed by atoms with Crippen LogP contribution >= 0.6 is 0 Å². The SMILES string of the molecule is COc1ccccc1N(C)S(=O)(=O)c1ccc(C(=O)NCCCOc2ccccc2)cc1. The Kier molecular flexibility index (Phi) is 7.72. The van der Waals surface area contributed by atoms with Crippen LogP contribution in [0.3, 0.4) is 0 Å². The zero-order valence-electron chi connectivity index (χ0n) is 18.0. The molecule has 0 aliphatic carbocycles. The lowest BCUT2D eigenvalue weighted by molar-refractivity contribution is 0.0951. The number of nitrogens with one attached hydrogen (secondary N) is 1. The molecule has 0 fully saturated rings. The Morgan fingerprint density at radius 3 is 2.28 bits per heavy atom. The van der Waals surface area contributed by atoms with Crippen LogP contribution in [0, 0.1) is 0 Å². The summed E-state index contributed by atoms with van der Waals surface area (Å²) >= 11 is 0. The fourth-order valence-corrected chi connectivity index (χ4v) is 4.24. The number of hydrogen-bond donors (Lipinski definition) is 1. The summed E-state index contributed by atoms with van der Waals surface area (Å²) in [6.45, 7) is 0.930. The Balaban J connectivity index is 1.57. The lowest BCUT2D eigenvalue weighted by Gasteiger charge is -2.21. The first kappa shape index (κ1) is 23.1. The van der Waals surface area contributed by atoms with Gasteiger partial charge in [-0.3, -0.25) is 9.10 Å². The Bertz CT molecular complexity index is 1130. The molecule has 8 heteroatoms. The van der Waals surface area contributed by atoms with E-state index in [0.717, 1.165) is 10.1 Å². The summed E-state index contributed by atoms with van der Waals surface area (Å²) in [6.07, 6.45) is 0.650. The molecule has 7 nitrogen and oxygen atoms in total. The van der Waals surface area contributed by atoms with E-state index in [1.54, 1.807) is 24.3 Å². The molecule has 0 saturated carbocycles. The van der Waals surface area contributed by atoms with E-state index in [1.807, 2.05) is 30.3 Å². The van der Waals surface area contributed by atoms with Gasteiger partial charge < -0.3 is 14.8 Å². The number of anilines is 1. The maximum absolute atomic E-state index is 13.0. The largest absolute Gasteiger partial charge is 0.495 e. The van der Waals surface area contributed by atoms with Crippen LogP contribution in [0.25, 0.3) is 0 Å². The molecule has 3 aromatic rings. The number of methoxy groups -OCH3 is 1. The molecular formula is C24H26N2O5S. The van der Waals surface area contributed by atoms with E-state index >= 15 is 0 Å². The van der Waals surface area contributed by atoms with Crippen molar-refractivity contribution in [2.75, 3.05) is 31.6 Å². The molecule has 0 saturated heterocycles. The minimum atomic E-state index is -3.81.